The van der Waals surface area contributed by atoms with E-state index < -0.39 is 5.97 Å². The average molecular weight is 352 g/mol. The van der Waals surface area contributed by atoms with E-state index in [1.165, 1.54) is 50.5 Å². The molecule has 0 heterocycles. The molecule has 0 aliphatic heterocycles. The number of aliphatic carboxylic acids is 1. The first-order valence-electron chi connectivity index (χ1n) is 9.65. The van der Waals surface area contributed by atoms with Crippen molar-refractivity contribution in [2.24, 2.45) is 5.41 Å². The zero-order valence-electron chi connectivity index (χ0n) is 15.6. The molecule has 1 atom stereocenters. The van der Waals surface area contributed by atoms with Crippen LogP contribution in [0.4, 0.5) is 0 Å². The van der Waals surface area contributed by atoms with E-state index in [1.807, 2.05) is 24.3 Å². The summed E-state index contributed by atoms with van der Waals surface area (Å²) in [5.41, 5.74) is 2.89. The maximum Gasteiger partial charge on any atom is 0.304 e. The first-order valence-corrected chi connectivity index (χ1v) is 9.65. The van der Waals surface area contributed by atoms with Gasteiger partial charge in [-0.3, -0.25) is 4.79 Å². The first kappa shape index (κ1) is 18.6. The fourth-order valence-corrected chi connectivity index (χ4v) is 4.35. The molecule has 1 aromatic rings. The van der Waals surface area contributed by atoms with Gasteiger partial charge in [0.05, 0.1) is 12.3 Å². The molecule has 3 rings (SSSR count). The van der Waals surface area contributed by atoms with E-state index in [0.29, 0.717) is 12.0 Å². The summed E-state index contributed by atoms with van der Waals surface area (Å²) in [6.45, 7) is 2.40. The van der Waals surface area contributed by atoms with Gasteiger partial charge in [0, 0.05) is 0 Å². The van der Waals surface area contributed by atoms with Gasteiger partial charge in [0.25, 0.3) is 0 Å². The summed E-state index contributed by atoms with van der Waals surface area (Å²) < 4.78 is 5.98. The summed E-state index contributed by atoms with van der Waals surface area (Å²) in [5, 5.41) is 9.04. The van der Waals surface area contributed by atoms with Crippen molar-refractivity contribution < 1.29 is 14.6 Å². The number of rotatable bonds is 6. The number of hydrogen-bond acceptors (Lipinski definition) is 2. The van der Waals surface area contributed by atoms with Crippen LogP contribution in [0, 0.1) is 17.3 Å². The van der Waals surface area contributed by atoms with Crippen molar-refractivity contribution in [1.29, 1.82) is 0 Å². The minimum atomic E-state index is -0.831. The number of carboxylic acid groups (broad SMARTS) is 1. The van der Waals surface area contributed by atoms with Crippen LogP contribution in [0.2, 0.25) is 0 Å². The highest BCUT2D eigenvalue weighted by atomic mass is 16.5. The first-order chi connectivity index (χ1) is 12.6. The van der Waals surface area contributed by atoms with Gasteiger partial charge in [0.2, 0.25) is 0 Å². The highest BCUT2D eigenvalue weighted by molar-refractivity contribution is 5.69. The van der Waals surface area contributed by atoms with Crippen molar-refractivity contribution in [3.63, 3.8) is 0 Å². The fraction of sp³-hybridized carbons (Fsp3) is 0.522. The number of allylic oxidation sites excluding steroid dienone is 1. The van der Waals surface area contributed by atoms with E-state index in [1.54, 1.807) is 6.92 Å². The fourth-order valence-electron chi connectivity index (χ4n) is 4.35. The molecule has 1 saturated carbocycles. The molecule has 138 valence electrons. The highest BCUT2D eigenvalue weighted by Crippen LogP contribution is 2.48. The van der Waals surface area contributed by atoms with Crippen molar-refractivity contribution in [2.45, 2.75) is 64.2 Å². The van der Waals surface area contributed by atoms with Crippen LogP contribution in [0.5, 0.6) is 5.75 Å². The molecule has 0 amide bonds. The summed E-state index contributed by atoms with van der Waals surface area (Å²) in [5.74, 6) is 5.54. The van der Waals surface area contributed by atoms with Crippen molar-refractivity contribution in [2.75, 3.05) is 6.61 Å². The van der Waals surface area contributed by atoms with Crippen LogP contribution >= 0.6 is 0 Å². The van der Waals surface area contributed by atoms with Gasteiger partial charge in [0.15, 0.2) is 0 Å². The van der Waals surface area contributed by atoms with E-state index in [2.05, 4.69) is 17.9 Å². The normalized spacial score (nSPS) is 19.3. The molecule has 1 spiro atoms. The Kier molecular flexibility index (Phi) is 6.04. The van der Waals surface area contributed by atoms with Crippen LogP contribution in [0.15, 0.2) is 35.9 Å². The zero-order chi connectivity index (χ0) is 18.4. The van der Waals surface area contributed by atoms with E-state index in [0.717, 1.165) is 11.3 Å². The van der Waals surface area contributed by atoms with Gasteiger partial charge in [-0.15, -0.1) is 5.92 Å². The number of carboxylic acids is 1. The lowest BCUT2D eigenvalue weighted by atomic mass is 9.72. The van der Waals surface area contributed by atoms with Crippen LogP contribution < -0.4 is 4.74 Å². The quantitative estimate of drug-likeness (QED) is 0.557. The standard InChI is InChI=1S/C23H28O3/c1-2-6-20(15-22(24)25)19-7-9-21(10-8-19)26-17-18-11-14-23(16-18)12-4-3-5-13-23/h7-11,20H,3-5,12-17H2,1H3,(H,24,25)/t20-/m0/s1. The van der Waals surface area contributed by atoms with Crippen molar-refractivity contribution >= 4 is 5.97 Å². The number of carbonyl (C=O) groups is 1. The number of hydrogen-bond donors (Lipinski definition) is 1. The molecule has 1 N–H and O–H groups in total. The molecular weight excluding hydrogens is 324 g/mol. The van der Waals surface area contributed by atoms with Crippen molar-refractivity contribution in [1.82, 2.24) is 0 Å². The maximum atomic E-state index is 11.0. The van der Waals surface area contributed by atoms with E-state index >= 15 is 0 Å². The second kappa shape index (κ2) is 8.45. The zero-order valence-corrected chi connectivity index (χ0v) is 15.6. The molecule has 3 heteroatoms. The Morgan fingerprint density at radius 1 is 1.23 bits per heavy atom. The molecule has 3 nitrogen and oxygen atoms in total. The molecule has 2 aliphatic rings. The van der Waals surface area contributed by atoms with E-state index in [-0.39, 0.29) is 12.3 Å². The van der Waals surface area contributed by atoms with Crippen LogP contribution in [-0.2, 0) is 4.79 Å². The summed E-state index contributed by atoms with van der Waals surface area (Å²) in [6.07, 6.45) is 11.7. The summed E-state index contributed by atoms with van der Waals surface area (Å²) in [6, 6.07) is 7.71. The van der Waals surface area contributed by atoms with Gasteiger partial charge >= 0.3 is 5.97 Å². The largest absolute Gasteiger partial charge is 0.489 e. The number of ether oxygens (including phenoxy) is 1. The SMILES string of the molecule is CC#C[C@@H](CC(=O)O)c1ccc(OCC2=CCC3(CCCCC3)C2)cc1. The Bertz CT molecular complexity index is 712. The lowest BCUT2D eigenvalue weighted by Gasteiger charge is -2.33. The summed E-state index contributed by atoms with van der Waals surface area (Å²) >= 11 is 0. The predicted molar refractivity (Wildman–Crippen MR) is 103 cm³/mol. The Morgan fingerprint density at radius 3 is 2.62 bits per heavy atom. The van der Waals surface area contributed by atoms with E-state index in [4.69, 9.17) is 9.84 Å². The van der Waals surface area contributed by atoms with Gasteiger partial charge in [0.1, 0.15) is 12.4 Å². The summed E-state index contributed by atoms with van der Waals surface area (Å²) in [7, 11) is 0. The van der Waals surface area contributed by atoms with Gasteiger partial charge in [-0.05, 0) is 61.3 Å². The topological polar surface area (TPSA) is 46.5 Å². The highest BCUT2D eigenvalue weighted by Gasteiger charge is 2.35. The predicted octanol–water partition coefficient (Wildman–Crippen LogP) is 5.32. The van der Waals surface area contributed by atoms with Gasteiger partial charge in [-0.25, -0.2) is 0 Å². The third kappa shape index (κ3) is 4.69. The van der Waals surface area contributed by atoms with Gasteiger partial charge in [-0.2, -0.15) is 0 Å². The maximum absolute atomic E-state index is 11.0. The third-order valence-electron chi connectivity index (χ3n) is 5.74. The molecule has 0 radical (unpaired) electrons. The van der Waals surface area contributed by atoms with Crippen molar-refractivity contribution in [3.8, 4) is 17.6 Å². The lowest BCUT2D eigenvalue weighted by Crippen LogP contribution is -2.21. The molecule has 2 aliphatic carbocycles. The van der Waals surface area contributed by atoms with Gasteiger partial charge in [-0.1, -0.05) is 43.4 Å². The van der Waals surface area contributed by atoms with Crippen molar-refractivity contribution in [3.05, 3.63) is 41.5 Å². The Balaban J connectivity index is 1.54. The molecule has 0 bridgehead atoms. The van der Waals surface area contributed by atoms with Crippen LogP contribution in [0.1, 0.15) is 69.8 Å². The molecule has 1 fully saturated rings. The van der Waals surface area contributed by atoms with Crippen LogP contribution in [-0.4, -0.2) is 17.7 Å². The third-order valence-corrected chi connectivity index (χ3v) is 5.74. The smallest absolute Gasteiger partial charge is 0.304 e. The Morgan fingerprint density at radius 2 is 1.96 bits per heavy atom. The molecule has 0 unspecified atom stereocenters. The number of benzene rings is 1. The molecule has 26 heavy (non-hydrogen) atoms. The second-order valence-electron chi connectivity index (χ2n) is 7.71. The monoisotopic (exact) mass is 352 g/mol. The molecule has 0 saturated heterocycles. The Hall–Kier alpha value is -2.21. The van der Waals surface area contributed by atoms with E-state index in [9.17, 15) is 4.79 Å². The molecular formula is C23H28O3. The lowest BCUT2D eigenvalue weighted by molar-refractivity contribution is -0.137. The minimum Gasteiger partial charge on any atom is -0.489 e. The average Bonchev–Trinajstić information content (AvgIpc) is 3.03. The minimum absolute atomic E-state index is 0.0238. The van der Waals surface area contributed by atoms with Crippen LogP contribution in [0.25, 0.3) is 0 Å². The summed E-state index contributed by atoms with van der Waals surface area (Å²) in [4.78, 5) is 11.0. The van der Waals surface area contributed by atoms with Crippen LogP contribution in [0.3, 0.4) is 0 Å². The molecule has 1 aromatic carbocycles. The molecule has 0 aromatic heterocycles. The van der Waals surface area contributed by atoms with Gasteiger partial charge < -0.3 is 9.84 Å². The second-order valence-corrected chi connectivity index (χ2v) is 7.71. The Labute approximate surface area is 156 Å².